The molecule has 1 aliphatic rings. The summed E-state index contributed by atoms with van der Waals surface area (Å²) in [4.78, 5) is 0. The number of nitrogens with two attached hydrogens (primary N) is 1. The van der Waals surface area contributed by atoms with Gasteiger partial charge in [0.1, 0.15) is 0 Å². The van der Waals surface area contributed by atoms with Crippen molar-refractivity contribution in [1.82, 2.24) is 0 Å². The molecular formula is C12H17NO2. The van der Waals surface area contributed by atoms with Gasteiger partial charge in [-0.2, -0.15) is 0 Å². The molecule has 1 aromatic carbocycles. The van der Waals surface area contributed by atoms with Crippen molar-refractivity contribution in [3.8, 4) is 0 Å². The summed E-state index contributed by atoms with van der Waals surface area (Å²) in [5.41, 5.74) is 7.63. The Kier molecular flexibility index (Phi) is 3.23. The Labute approximate surface area is 90.2 Å². The van der Waals surface area contributed by atoms with Crippen molar-refractivity contribution in [2.45, 2.75) is 25.6 Å². The minimum atomic E-state index is 0.0835. The van der Waals surface area contributed by atoms with Crippen molar-refractivity contribution >= 4 is 5.69 Å². The predicted molar refractivity (Wildman–Crippen MR) is 59.6 cm³/mol. The van der Waals surface area contributed by atoms with Gasteiger partial charge < -0.3 is 15.2 Å². The van der Waals surface area contributed by atoms with E-state index in [0.717, 1.165) is 24.3 Å². The van der Waals surface area contributed by atoms with Gasteiger partial charge >= 0.3 is 0 Å². The monoisotopic (exact) mass is 207 g/mol. The molecule has 2 rings (SSSR count). The molecule has 3 heteroatoms. The van der Waals surface area contributed by atoms with Crippen LogP contribution in [-0.2, 0) is 9.47 Å². The number of ether oxygens (including phenoxy) is 2. The van der Waals surface area contributed by atoms with Crippen molar-refractivity contribution in [2.24, 2.45) is 0 Å². The summed E-state index contributed by atoms with van der Waals surface area (Å²) < 4.78 is 11.1. The Bertz CT molecular complexity index is 321. The molecule has 0 saturated carbocycles. The van der Waals surface area contributed by atoms with Crippen LogP contribution in [0.4, 0.5) is 5.69 Å². The maximum atomic E-state index is 5.87. The zero-order valence-electron chi connectivity index (χ0n) is 8.98. The smallest absolute Gasteiger partial charge is 0.0838 e. The molecule has 1 fully saturated rings. The molecule has 2 N–H and O–H groups in total. The third-order valence-corrected chi connectivity index (χ3v) is 2.66. The molecule has 0 aliphatic carbocycles. The van der Waals surface area contributed by atoms with Gasteiger partial charge in [-0.3, -0.25) is 0 Å². The van der Waals surface area contributed by atoms with E-state index in [1.165, 1.54) is 0 Å². The molecule has 15 heavy (non-hydrogen) atoms. The largest absolute Gasteiger partial charge is 0.399 e. The second kappa shape index (κ2) is 4.64. The van der Waals surface area contributed by atoms with Gasteiger partial charge in [0.15, 0.2) is 0 Å². The molecule has 82 valence electrons. The highest BCUT2D eigenvalue weighted by Crippen LogP contribution is 2.23. The molecule has 0 amide bonds. The van der Waals surface area contributed by atoms with Gasteiger partial charge in [0.05, 0.1) is 18.8 Å². The second-order valence-electron chi connectivity index (χ2n) is 3.93. The van der Waals surface area contributed by atoms with Crippen LogP contribution in [0.5, 0.6) is 0 Å². The van der Waals surface area contributed by atoms with Crippen LogP contribution in [-0.4, -0.2) is 19.3 Å². The number of hydrogen-bond acceptors (Lipinski definition) is 3. The van der Waals surface area contributed by atoms with Crippen LogP contribution in [0, 0.1) is 0 Å². The van der Waals surface area contributed by atoms with Gasteiger partial charge in [0, 0.05) is 12.3 Å². The van der Waals surface area contributed by atoms with E-state index in [2.05, 4.69) is 0 Å². The molecule has 1 aliphatic heterocycles. The minimum absolute atomic E-state index is 0.0835. The first kappa shape index (κ1) is 10.5. The molecule has 1 heterocycles. The number of nitrogen functional groups attached to an aromatic ring is 1. The normalized spacial score (nSPS) is 22.9. The van der Waals surface area contributed by atoms with Gasteiger partial charge in [0.2, 0.25) is 0 Å². The molecule has 0 bridgehead atoms. The minimum Gasteiger partial charge on any atom is -0.399 e. The fourth-order valence-corrected chi connectivity index (χ4v) is 1.80. The number of hydrogen-bond donors (Lipinski definition) is 1. The summed E-state index contributed by atoms with van der Waals surface area (Å²) in [5, 5.41) is 0. The summed E-state index contributed by atoms with van der Waals surface area (Å²) in [5.74, 6) is 0. The van der Waals surface area contributed by atoms with Crippen molar-refractivity contribution in [2.75, 3.05) is 18.9 Å². The fraction of sp³-hybridized carbons (Fsp3) is 0.500. The van der Waals surface area contributed by atoms with Gasteiger partial charge in [0.25, 0.3) is 0 Å². The Morgan fingerprint density at radius 3 is 3.07 bits per heavy atom. The van der Waals surface area contributed by atoms with Crippen LogP contribution < -0.4 is 5.73 Å². The lowest BCUT2D eigenvalue weighted by Gasteiger charge is -2.18. The van der Waals surface area contributed by atoms with E-state index in [-0.39, 0.29) is 12.2 Å². The standard InChI is InChI=1S/C12H17NO2/c1-9(15-12-5-6-14-8-12)10-3-2-4-11(13)7-10/h2-4,7,9,12H,5-6,8,13H2,1H3. The SMILES string of the molecule is CC(OC1CCOC1)c1cccc(N)c1. The van der Waals surface area contributed by atoms with E-state index < -0.39 is 0 Å². The molecule has 2 unspecified atom stereocenters. The zero-order chi connectivity index (χ0) is 10.7. The lowest BCUT2D eigenvalue weighted by atomic mass is 10.1. The van der Waals surface area contributed by atoms with Crippen LogP contribution in [0.3, 0.4) is 0 Å². The molecule has 1 saturated heterocycles. The molecular weight excluding hydrogens is 190 g/mol. The number of benzene rings is 1. The predicted octanol–water partition coefficient (Wildman–Crippen LogP) is 2.14. The lowest BCUT2D eigenvalue weighted by molar-refractivity contribution is -0.00763. The Hall–Kier alpha value is -1.06. The Morgan fingerprint density at radius 2 is 2.40 bits per heavy atom. The maximum absolute atomic E-state index is 5.87. The van der Waals surface area contributed by atoms with Gasteiger partial charge in [-0.25, -0.2) is 0 Å². The van der Waals surface area contributed by atoms with Crippen LogP contribution in [0.25, 0.3) is 0 Å². The zero-order valence-corrected chi connectivity index (χ0v) is 8.98. The van der Waals surface area contributed by atoms with Gasteiger partial charge in [-0.15, -0.1) is 0 Å². The highest BCUT2D eigenvalue weighted by atomic mass is 16.5. The van der Waals surface area contributed by atoms with Gasteiger partial charge in [-0.05, 0) is 31.0 Å². The van der Waals surface area contributed by atoms with Crippen LogP contribution in [0.1, 0.15) is 25.0 Å². The van der Waals surface area contributed by atoms with E-state index in [4.69, 9.17) is 15.2 Å². The summed E-state index contributed by atoms with van der Waals surface area (Å²) in [6.45, 7) is 3.58. The summed E-state index contributed by atoms with van der Waals surface area (Å²) >= 11 is 0. The first-order valence-corrected chi connectivity index (χ1v) is 5.34. The van der Waals surface area contributed by atoms with Gasteiger partial charge in [-0.1, -0.05) is 12.1 Å². The van der Waals surface area contributed by atoms with E-state index in [1.807, 2.05) is 31.2 Å². The van der Waals surface area contributed by atoms with E-state index >= 15 is 0 Å². The first-order chi connectivity index (χ1) is 7.25. The van der Waals surface area contributed by atoms with Crippen molar-refractivity contribution in [3.63, 3.8) is 0 Å². The fourth-order valence-electron chi connectivity index (χ4n) is 1.80. The van der Waals surface area contributed by atoms with E-state index in [1.54, 1.807) is 0 Å². The van der Waals surface area contributed by atoms with Crippen molar-refractivity contribution in [1.29, 1.82) is 0 Å². The van der Waals surface area contributed by atoms with Crippen LogP contribution >= 0.6 is 0 Å². The lowest BCUT2D eigenvalue weighted by Crippen LogP contribution is -2.15. The quantitative estimate of drug-likeness (QED) is 0.772. The number of anilines is 1. The highest BCUT2D eigenvalue weighted by molar-refractivity contribution is 5.41. The van der Waals surface area contributed by atoms with E-state index in [0.29, 0.717) is 6.61 Å². The average Bonchev–Trinajstić information content (AvgIpc) is 2.70. The molecule has 3 nitrogen and oxygen atoms in total. The van der Waals surface area contributed by atoms with E-state index in [9.17, 15) is 0 Å². The summed E-state index contributed by atoms with van der Waals surface area (Å²) in [6.07, 6.45) is 1.31. The Balaban J connectivity index is 1.97. The average molecular weight is 207 g/mol. The van der Waals surface area contributed by atoms with Crippen LogP contribution in [0.2, 0.25) is 0 Å². The third-order valence-electron chi connectivity index (χ3n) is 2.66. The number of rotatable bonds is 3. The molecule has 0 radical (unpaired) electrons. The molecule has 0 aromatic heterocycles. The van der Waals surface area contributed by atoms with Crippen LogP contribution in [0.15, 0.2) is 24.3 Å². The van der Waals surface area contributed by atoms with Crippen molar-refractivity contribution < 1.29 is 9.47 Å². The topological polar surface area (TPSA) is 44.5 Å². The highest BCUT2D eigenvalue weighted by Gasteiger charge is 2.19. The Morgan fingerprint density at radius 1 is 1.53 bits per heavy atom. The maximum Gasteiger partial charge on any atom is 0.0838 e. The second-order valence-corrected chi connectivity index (χ2v) is 3.93. The third kappa shape index (κ3) is 2.70. The molecule has 0 spiro atoms. The summed E-state index contributed by atoms with van der Waals surface area (Å²) in [7, 11) is 0. The molecule has 1 aromatic rings. The summed E-state index contributed by atoms with van der Waals surface area (Å²) in [6, 6.07) is 7.84. The first-order valence-electron chi connectivity index (χ1n) is 5.34. The molecule has 2 atom stereocenters. The van der Waals surface area contributed by atoms with Crippen molar-refractivity contribution in [3.05, 3.63) is 29.8 Å².